The Labute approximate surface area is 310 Å². The Morgan fingerprint density at radius 2 is 1.10 bits per heavy atom. The molecule has 1 N–H and O–H groups in total. The molecule has 0 amide bonds. The lowest BCUT2D eigenvalue weighted by Gasteiger charge is -2.30. The first-order valence-electron chi connectivity index (χ1n) is 18.7. The molecule has 0 radical (unpaired) electrons. The second-order valence-corrected chi connectivity index (χ2v) is 17.2. The van der Waals surface area contributed by atoms with Gasteiger partial charge >= 0.3 is 0 Å². The van der Waals surface area contributed by atoms with E-state index in [4.69, 9.17) is 0 Å². The lowest BCUT2D eigenvalue weighted by atomic mass is 9.74. The maximum Gasteiger partial charge on any atom is 0.0464 e. The molecule has 1 aliphatic carbocycles. The predicted octanol–water partition coefficient (Wildman–Crippen LogP) is 14.5. The average Bonchev–Trinajstić information content (AvgIpc) is 3.37. The molecule has 0 aliphatic heterocycles. The van der Waals surface area contributed by atoms with Gasteiger partial charge in [-0.2, -0.15) is 0 Å². The van der Waals surface area contributed by atoms with E-state index in [-0.39, 0.29) is 16.2 Å². The molecule has 0 spiro atoms. The lowest BCUT2D eigenvalue weighted by molar-refractivity contribution is 0.564. The van der Waals surface area contributed by atoms with Gasteiger partial charge in [-0.05, 0) is 107 Å². The number of hydrogen-bond donors (Lipinski definition) is 1. The molecule has 0 aromatic heterocycles. The van der Waals surface area contributed by atoms with Crippen molar-refractivity contribution in [3.63, 3.8) is 0 Å². The predicted molar refractivity (Wildman–Crippen MR) is 225 cm³/mol. The Bertz CT molecular complexity index is 2450. The Hall–Kier alpha value is -5.40. The largest absolute Gasteiger partial charge is 0.355 e. The summed E-state index contributed by atoms with van der Waals surface area (Å²) in [6.45, 7) is 19.0. The van der Waals surface area contributed by atoms with Gasteiger partial charge in [-0.3, -0.25) is 0 Å². The van der Waals surface area contributed by atoms with Crippen LogP contribution < -0.4 is 5.32 Å². The fourth-order valence-corrected chi connectivity index (χ4v) is 8.18. The SMILES string of the molecule is CC(C)(C)c1cc(C(C)(C)C)c2c(c1)C(C)(C)c1ccc(-c3ccccc3)c(-c3ccccc3Nc3ccc(-c4ccc5ccccc5c4)cc3)c1-2. The fraction of sp³-hybridized carbons (Fsp3) is 0.216. The summed E-state index contributed by atoms with van der Waals surface area (Å²) >= 11 is 0. The van der Waals surface area contributed by atoms with Crippen LogP contribution in [0.25, 0.3) is 55.3 Å². The van der Waals surface area contributed by atoms with Gasteiger partial charge in [0, 0.05) is 22.4 Å². The summed E-state index contributed by atoms with van der Waals surface area (Å²) in [5.74, 6) is 0. The van der Waals surface area contributed by atoms with E-state index < -0.39 is 0 Å². The highest BCUT2D eigenvalue weighted by Gasteiger charge is 2.42. The van der Waals surface area contributed by atoms with Gasteiger partial charge in [-0.25, -0.2) is 0 Å². The molecule has 0 bridgehead atoms. The number of benzene rings is 7. The molecule has 0 atom stereocenters. The second-order valence-electron chi connectivity index (χ2n) is 17.2. The Morgan fingerprint density at radius 3 is 1.81 bits per heavy atom. The number of para-hydroxylation sites is 1. The van der Waals surface area contributed by atoms with Crippen molar-refractivity contribution in [2.45, 2.75) is 71.6 Å². The molecule has 1 nitrogen and oxygen atoms in total. The molecule has 0 saturated heterocycles. The molecular weight excluding hydrogens is 627 g/mol. The molecule has 7 aromatic rings. The molecule has 0 fully saturated rings. The first-order chi connectivity index (χ1) is 24.8. The van der Waals surface area contributed by atoms with Gasteiger partial charge in [0.05, 0.1) is 0 Å². The molecule has 258 valence electrons. The third kappa shape index (κ3) is 5.83. The lowest BCUT2D eigenvalue weighted by Crippen LogP contribution is -2.21. The van der Waals surface area contributed by atoms with Crippen LogP contribution in [0.15, 0.2) is 146 Å². The average molecular weight is 676 g/mol. The fourth-order valence-electron chi connectivity index (χ4n) is 8.18. The van der Waals surface area contributed by atoms with Crippen LogP contribution in [-0.4, -0.2) is 0 Å². The molecule has 7 aromatic carbocycles. The highest BCUT2D eigenvalue weighted by Crippen LogP contribution is 2.58. The highest BCUT2D eigenvalue weighted by atomic mass is 14.9. The monoisotopic (exact) mass is 675 g/mol. The minimum absolute atomic E-state index is 0.0400. The van der Waals surface area contributed by atoms with Crippen LogP contribution >= 0.6 is 0 Å². The van der Waals surface area contributed by atoms with Gasteiger partial charge in [0.1, 0.15) is 0 Å². The van der Waals surface area contributed by atoms with Crippen molar-refractivity contribution in [3.05, 3.63) is 168 Å². The molecule has 0 heterocycles. The summed E-state index contributed by atoms with van der Waals surface area (Å²) in [5, 5.41) is 6.39. The summed E-state index contributed by atoms with van der Waals surface area (Å²) in [5.41, 5.74) is 17.8. The van der Waals surface area contributed by atoms with Crippen LogP contribution in [0.3, 0.4) is 0 Å². The third-order valence-electron chi connectivity index (χ3n) is 11.1. The van der Waals surface area contributed by atoms with Crippen molar-refractivity contribution in [2.75, 3.05) is 5.32 Å². The van der Waals surface area contributed by atoms with Crippen LogP contribution in [-0.2, 0) is 16.2 Å². The van der Waals surface area contributed by atoms with E-state index in [1.807, 2.05) is 0 Å². The van der Waals surface area contributed by atoms with E-state index in [1.165, 1.54) is 77.5 Å². The molecule has 52 heavy (non-hydrogen) atoms. The molecule has 0 unspecified atom stereocenters. The zero-order valence-corrected chi connectivity index (χ0v) is 31.9. The van der Waals surface area contributed by atoms with Crippen LogP contribution in [0, 0.1) is 0 Å². The van der Waals surface area contributed by atoms with E-state index in [0.717, 1.165) is 11.4 Å². The van der Waals surface area contributed by atoms with Crippen LogP contribution in [0.1, 0.15) is 77.6 Å². The highest BCUT2D eigenvalue weighted by molar-refractivity contribution is 6.04. The number of fused-ring (bicyclic) bond motifs is 4. The smallest absolute Gasteiger partial charge is 0.0464 e. The van der Waals surface area contributed by atoms with Crippen molar-refractivity contribution in [3.8, 4) is 44.5 Å². The number of rotatable bonds is 5. The van der Waals surface area contributed by atoms with Gasteiger partial charge in [-0.1, -0.05) is 177 Å². The van der Waals surface area contributed by atoms with Gasteiger partial charge in [0.2, 0.25) is 0 Å². The molecule has 1 heteroatoms. The van der Waals surface area contributed by atoms with E-state index in [1.54, 1.807) is 0 Å². The first kappa shape index (κ1) is 33.7. The third-order valence-corrected chi connectivity index (χ3v) is 11.1. The maximum absolute atomic E-state index is 3.87. The zero-order valence-electron chi connectivity index (χ0n) is 31.9. The molecule has 1 aliphatic rings. The number of nitrogens with one attached hydrogen (secondary N) is 1. The maximum atomic E-state index is 3.87. The summed E-state index contributed by atoms with van der Waals surface area (Å²) in [6.07, 6.45) is 0. The van der Waals surface area contributed by atoms with E-state index >= 15 is 0 Å². The minimum Gasteiger partial charge on any atom is -0.355 e. The summed E-state index contributed by atoms with van der Waals surface area (Å²) in [6, 6.07) is 53.7. The van der Waals surface area contributed by atoms with E-state index in [0.29, 0.717) is 0 Å². The van der Waals surface area contributed by atoms with Crippen LogP contribution in [0.4, 0.5) is 11.4 Å². The second kappa shape index (κ2) is 12.4. The molecule has 8 rings (SSSR count). The Kier molecular flexibility index (Phi) is 8.03. The molecule has 0 saturated carbocycles. The number of anilines is 2. The van der Waals surface area contributed by atoms with Gasteiger partial charge in [0.15, 0.2) is 0 Å². The zero-order chi connectivity index (χ0) is 36.4. The topological polar surface area (TPSA) is 12.0 Å². The van der Waals surface area contributed by atoms with Crippen LogP contribution in [0.5, 0.6) is 0 Å². The quantitative estimate of drug-likeness (QED) is 0.191. The van der Waals surface area contributed by atoms with E-state index in [9.17, 15) is 0 Å². The summed E-state index contributed by atoms with van der Waals surface area (Å²) in [4.78, 5) is 0. The van der Waals surface area contributed by atoms with Gasteiger partial charge < -0.3 is 5.32 Å². The van der Waals surface area contributed by atoms with Gasteiger partial charge in [0.25, 0.3) is 0 Å². The molecular formula is C51H49N. The summed E-state index contributed by atoms with van der Waals surface area (Å²) in [7, 11) is 0. The van der Waals surface area contributed by atoms with Crippen molar-refractivity contribution in [1.29, 1.82) is 0 Å². The Balaban J connectivity index is 1.31. The van der Waals surface area contributed by atoms with Crippen molar-refractivity contribution >= 4 is 22.1 Å². The minimum atomic E-state index is -0.156. The Morgan fingerprint density at radius 1 is 0.442 bits per heavy atom. The van der Waals surface area contributed by atoms with E-state index in [2.05, 4.69) is 206 Å². The van der Waals surface area contributed by atoms with Gasteiger partial charge in [-0.15, -0.1) is 0 Å². The van der Waals surface area contributed by atoms with Crippen LogP contribution in [0.2, 0.25) is 0 Å². The van der Waals surface area contributed by atoms with Crippen molar-refractivity contribution < 1.29 is 0 Å². The van der Waals surface area contributed by atoms with Crippen molar-refractivity contribution in [2.24, 2.45) is 0 Å². The summed E-state index contributed by atoms with van der Waals surface area (Å²) < 4.78 is 0. The standard InChI is InChI=1S/C51H49N/c1-49(2,3)38-31-43(50(4,5)6)47-44(32-38)51(7,8)42-29-28-40(35-17-10-9-11-18-35)46(48(42)47)41-20-14-15-21-45(41)52-39-26-24-34(25-27-39)37-23-22-33-16-12-13-19-36(33)30-37/h9-32,52H,1-8H3. The normalized spacial score (nSPS) is 13.5. The first-order valence-corrected chi connectivity index (χ1v) is 18.7. The number of hydrogen-bond acceptors (Lipinski definition) is 1. The van der Waals surface area contributed by atoms with Crippen molar-refractivity contribution in [1.82, 2.24) is 0 Å².